The van der Waals surface area contributed by atoms with Crippen LogP contribution in [0.5, 0.6) is 0 Å². The maximum absolute atomic E-state index is 11.3. The van der Waals surface area contributed by atoms with Gasteiger partial charge in [-0.3, -0.25) is 10.0 Å². The van der Waals surface area contributed by atoms with Crippen molar-refractivity contribution in [2.75, 3.05) is 29.5 Å². The van der Waals surface area contributed by atoms with E-state index < -0.39 is 16.1 Å². The van der Waals surface area contributed by atoms with Crippen molar-refractivity contribution in [3.63, 3.8) is 0 Å². The van der Waals surface area contributed by atoms with Gasteiger partial charge in [-0.15, -0.1) is 0 Å². The third-order valence-electron chi connectivity index (χ3n) is 1.83. The molecule has 1 aromatic rings. The summed E-state index contributed by atoms with van der Waals surface area (Å²) in [6.45, 7) is -0.443. The third-order valence-corrected chi connectivity index (χ3v) is 2.77. The lowest BCUT2D eigenvalue weighted by molar-refractivity contribution is 0.131. The first-order chi connectivity index (χ1) is 8.81. The van der Waals surface area contributed by atoms with Crippen molar-refractivity contribution in [3.05, 3.63) is 23.2 Å². The summed E-state index contributed by atoms with van der Waals surface area (Å²) >= 11 is 5.85. The van der Waals surface area contributed by atoms with E-state index in [0.29, 0.717) is 0 Å². The smallest absolute Gasteiger partial charge is 0.411 e. The van der Waals surface area contributed by atoms with E-state index in [9.17, 15) is 13.2 Å². The number of halogens is 1. The van der Waals surface area contributed by atoms with E-state index in [1.165, 1.54) is 18.2 Å². The molecule has 0 saturated carbocycles. The lowest BCUT2D eigenvalue weighted by atomic mass is 10.3. The van der Waals surface area contributed by atoms with Crippen LogP contribution in [0, 0.1) is 0 Å². The minimum atomic E-state index is -3.42. The summed E-state index contributed by atoms with van der Waals surface area (Å²) in [5.74, 6) is 0. The van der Waals surface area contributed by atoms with E-state index in [2.05, 4.69) is 14.8 Å². The number of ether oxygens (including phenoxy) is 1. The maximum atomic E-state index is 11.3. The highest BCUT2D eigenvalue weighted by molar-refractivity contribution is 7.92. The van der Waals surface area contributed by atoms with E-state index in [1.54, 1.807) is 0 Å². The highest BCUT2D eigenvalue weighted by Gasteiger charge is 2.09. The van der Waals surface area contributed by atoms with Crippen molar-refractivity contribution in [1.82, 2.24) is 0 Å². The molecule has 0 aromatic heterocycles. The van der Waals surface area contributed by atoms with Crippen molar-refractivity contribution in [3.8, 4) is 0 Å². The van der Waals surface area contributed by atoms with Gasteiger partial charge in [0.05, 0.1) is 29.3 Å². The molecule has 3 N–H and O–H groups in total. The van der Waals surface area contributed by atoms with E-state index >= 15 is 0 Å². The molecule has 0 unspecified atom stereocenters. The number of aliphatic hydroxyl groups is 1. The number of amides is 1. The van der Waals surface area contributed by atoms with Crippen LogP contribution in [0.25, 0.3) is 0 Å². The van der Waals surface area contributed by atoms with Crippen LogP contribution in [0.4, 0.5) is 16.2 Å². The summed E-state index contributed by atoms with van der Waals surface area (Å²) < 4.78 is 29.0. The molecule has 0 fully saturated rings. The zero-order chi connectivity index (χ0) is 14.5. The Hall–Kier alpha value is -1.51. The summed E-state index contributed by atoms with van der Waals surface area (Å²) in [6, 6.07) is 4.23. The van der Waals surface area contributed by atoms with Gasteiger partial charge in [-0.2, -0.15) is 0 Å². The fourth-order valence-electron chi connectivity index (χ4n) is 1.18. The van der Waals surface area contributed by atoms with Gasteiger partial charge < -0.3 is 9.84 Å². The van der Waals surface area contributed by atoms with E-state index in [0.717, 1.165) is 6.26 Å². The second-order valence-electron chi connectivity index (χ2n) is 3.55. The van der Waals surface area contributed by atoms with Crippen LogP contribution in [0.3, 0.4) is 0 Å². The Morgan fingerprint density at radius 1 is 1.47 bits per heavy atom. The number of anilines is 2. The molecule has 106 valence electrons. The highest BCUT2D eigenvalue weighted by atomic mass is 35.5. The van der Waals surface area contributed by atoms with Crippen LogP contribution < -0.4 is 10.0 Å². The quantitative estimate of drug-likeness (QED) is 0.759. The molecule has 9 heteroatoms. The molecule has 0 atom stereocenters. The van der Waals surface area contributed by atoms with Gasteiger partial charge in [0.1, 0.15) is 6.61 Å². The second kappa shape index (κ2) is 6.60. The molecule has 0 heterocycles. The van der Waals surface area contributed by atoms with Crippen LogP contribution in [0.1, 0.15) is 0 Å². The second-order valence-corrected chi connectivity index (χ2v) is 5.71. The number of hydrogen-bond acceptors (Lipinski definition) is 5. The van der Waals surface area contributed by atoms with E-state index in [4.69, 9.17) is 16.7 Å². The Balaban J connectivity index is 2.83. The van der Waals surface area contributed by atoms with Crippen LogP contribution in [0.15, 0.2) is 18.2 Å². The third kappa shape index (κ3) is 5.77. The number of carbonyl (C=O) groups is 1. The molecule has 0 aliphatic carbocycles. The number of hydrogen-bond donors (Lipinski definition) is 3. The summed E-state index contributed by atoms with van der Waals surface area (Å²) in [5, 5.41) is 11.1. The lowest BCUT2D eigenvalue weighted by Crippen LogP contribution is -2.16. The topological polar surface area (TPSA) is 105 Å². The predicted molar refractivity (Wildman–Crippen MR) is 72.0 cm³/mol. The minimum absolute atomic E-state index is 0.148. The zero-order valence-electron chi connectivity index (χ0n) is 10.0. The standard InChI is InChI=1S/C10H13ClN2O5S/c1-19(16,17)13-7-2-3-8(11)9(6-7)12-10(15)18-5-4-14/h2-3,6,13-14H,4-5H2,1H3,(H,12,15). The van der Waals surface area contributed by atoms with E-state index in [-0.39, 0.29) is 29.6 Å². The van der Waals surface area contributed by atoms with Gasteiger partial charge in [-0.1, -0.05) is 11.6 Å². The summed E-state index contributed by atoms with van der Waals surface area (Å²) in [4.78, 5) is 11.3. The Morgan fingerprint density at radius 2 is 2.16 bits per heavy atom. The van der Waals surface area contributed by atoms with Gasteiger partial charge in [0, 0.05) is 0 Å². The first kappa shape index (κ1) is 15.5. The molecule has 7 nitrogen and oxygen atoms in total. The average molecular weight is 309 g/mol. The fourth-order valence-corrected chi connectivity index (χ4v) is 1.90. The summed E-state index contributed by atoms with van der Waals surface area (Å²) in [5.41, 5.74) is 0.447. The highest BCUT2D eigenvalue weighted by Crippen LogP contribution is 2.26. The predicted octanol–water partition coefficient (Wildman–Crippen LogP) is 1.25. The van der Waals surface area contributed by atoms with Crippen molar-refractivity contribution < 1.29 is 23.1 Å². The molecule has 0 saturated heterocycles. The van der Waals surface area contributed by atoms with Crippen molar-refractivity contribution in [1.29, 1.82) is 0 Å². The number of rotatable bonds is 5. The molecule has 19 heavy (non-hydrogen) atoms. The number of carbonyl (C=O) groups excluding carboxylic acids is 1. The van der Waals surface area contributed by atoms with Gasteiger partial charge in [0.15, 0.2) is 0 Å². The molecule has 1 amide bonds. The maximum Gasteiger partial charge on any atom is 0.411 e. The molecule has 0 spiro atoms. The fraction of sp³-hybridized carbons (Fsp3) is 0.300. The normalized spacial score (nSPS) is 10.9. The van der Waals surface area contributed by atoms with Gasteiger partial charge in [0.2, 0.25) is 10.0 Å². The van der Waals surface area contributed by atoms with Crippen LogP contribution in [-0.2, 0) is 14.8 Å². The zero-order valence-corrected chi connectivity index (χ0v) is 11.6. The Kier molecular flexibility index (Phi) is 5.40. The molecule has 0 radical (unpaired) electrons. The molecular formula is C10H13ClN2O5S. The number of nitrogens with one attached hydrogen (secondary N) is 2. The van der Waals surface area contributed by atoms with Crippen LogP contribution in [-0.4, -0.2) is 39.1 Å². The SMILES string of the molecule is CS(=O)(=O)Nc1ccc(Cl)c(NC(=O)OCCO)c1. The van der Waals surface area contributed by atoms with Gasteiger partial charge in [-0.25, -0.2) is 13.2 Å². The molecule has 1 aromatic carbocycles. The molecular weight excluding hydrogens is 296 g/mol. The first-order valence-electron chi connectivity index (χ1n) is 5.14. The van der Waals surface area contributed by atoms with Crippen LogP contribution >= 0.6 is 11.6 Å². The van der Waals surface area contributed by atoms with Crippen molar-refractivity contribution in [2.24, 2.45) is 0 Å². The monoisotopic (exact) mass is 308 g/mol. The van der Waals surface area contributed by atoms with Gasteiger partial charge >= 0.3 is 6.09 Å². The number of aliphatic hydroxyl groups excluding tert-OH is 1. The van der Waals surface area contributed by atoms with Crippen molar-refractivity contribution >= 4 is 39.1 Å². The number of sulfonamides is 1. The average Bonchev–Trinajstić information content (AvgIpc) is 2.29. The van der Waals surface area contributed by atoms with Gasteiger partial charge in [-0.05, 0) is 18.2 Å². The largest absolute Gasteiger partial charge is 0.447 e. The molecule has 0 bridgehead atoms. The minimum Gasteiger partial charge on any atom is -0.447 e. The number of benzene rings is 1. The summed E-state index contributed by atoms with van der Waals surface area (Å²) in [7, 11) is -3.42. The summed E-state index contributed by atoms with van der Waals surface area (Å²) in [6.07, 6.45) is 0.206. The molecule has 0 aliphatic heterocycles. The molecule has 0 aliphatic rings. The van der Waals surface area contributed by atoms with Gasteiger partial charge in [0.25, 0.3) is 0 Å². The lowest BCUT2D eigenvalue weighted by Gasteiger charge is -2.10. The Morgan fingerprint density at radius 3 is 2.74 bits per heavy atom. The Bertz CT molecular complexity index is 561. The molecule has 1 rings (SSSR count). The van der Waals surface area contributed by atoms with Crippen LogP contribution in [0.2, 0.25) is 5.02 Å². The first-order valence-corrected chi connectivity index (χ1v) is 7.41. The van der Waals surface area contributed by atoms with E-state index in [1.807, 2.05) is 0 Å². The van der Waals surface area contributed by atoms with Crippen molar-refractivity contribution in [2.45, 2.75) is 0 Å². The Labute approximate surface area is 115 Å².